The summed E-state index contributed by atoms with van der Waals surface area (Å²) in [6, 6.07) is 21.9. The Morgan fingerprint density at radius 1 is 0.833 bits per heavy atom. The molecule has 2 rings (SSSR count). The number of rotatable bonds is 5. The van der Waals surface area contributed by atoms with Gasteiger partial charge in [-0.05, 0) is 0 Å². The van der Waals surface area contributed by atoms with Gasteiger partial charge < -0.3 is 0 Å². The summed E-state index contributed by atoms with van der Waals surface area (Å²) in [5, 5.41) is 2.95. The summed E-state index contributed by atoms with van der Waals surface area (Å²) in [6.45, 7) is 2.26. The van der Waals surface area contributed by atoms with E-state index in [2.05, 4.69) is 82.7 Å². The van der Waals surface area contributed by atoms with E-state index in [0.29, 0.717) is 0 Å². The summed E-state index contributed by atoms with van der Waals surface area (Å²) in [4.78, 5) is 0. The Bertz CT molecular complexity index is 476. The molecule has 0 radical (unpaired) electrons. The van der Waals surface area contributed by atoms with E-state index in [0.717, 1.165) is 0 Å². The van der Waals surface area contributed by atoms with Crippen LogP contribution in [0.25, 0.3) is 0 Å². The molecule has 0 amide bonds. The fourth-order valence-corrected chi connectivity index (χ4v) is 7.35. The van der Waals surface area contributed by atoms with Crippen molar-refractivity contribution in [3.8, 4) is 0 Å². The Morgan fingerprint density at radius 2 is 1.28 bits per heavy atom. The topological polar surface area (TPSA) is 0 Å². The van der Waals surface area contributed by atoms with Gasteiger partial charge in [-0.15, -0.1) is 0 Å². The van der Waals surface area contributed by atoms with Crippen molar-refractivity contribution in [3.63, 3.8) is 0 Å². The number of hydrogen-bond donors (Lipinski definition) is 0. The standard InChI is InChI=1S/C16H19PSe/c1-2-3-14-17(18,15-10-6-4-7-11-15)16-12-8-5-9-13-16/h4-13H,2-3,14H2,1H3. The molecule has 94 valence electrons. The van der Waals surface area contributed by atoms with Crippen LogP contribution < -0.4 is 10.6 Å². The fraction of sp³-hybridized carbons (Fsp3) is 0.250. The molecule has 0 heterocycles. The third-order valence-corrected chi connectivity index (χ3v) is 10.2. The average Bonchev–Trinajstić information content (AvgIpc) is 2.46. The number of hydrogen-bond acceptors (Lipinski definition) is 0. The van der Waals surface area contributed by atoms with Crippen LogP contribution in [0.5, 0.6) is 0 Å². The Hall–Kier alpha value is -0.611. The molecule has 0 atom stereocenters. The van der Waals surface area contributed by atoms with Crippen LogP contribution in [0, 0.1) is 0 Å². The first-order valence-electron chi connectivity index (χ1n) is 6.47. The van der Waals surface area contributed by atoms with E-state index < -0.39 is 5.51 Å². The Balaban J connectivity index is 2.45. The molecule has 2 aromatic rings. The van der Waals surface area contributed by atoms with E-state index in [9.17, 15) is 0 Å². The zero-order valence-electron chi connectivity index (χ0n) is 10.8. The van der Waals surface area contributed by atoms with Gasteiger partial charge in [0, 0.05) is 0 Å². The van der Waals surface area contributed by atoms with Crippen LogP contribution in [0.2, 0.25) is 0 Å². The zero-order valence-corrected chi connectivity index (χ0v) is 13.4. The van der Waals surface area contributed by atoms with Crippen LogP contribution in [-0.2, 0) is 0 Å². The molecule has 0 spiro atoms. The summed E-state index contributed by atoms with van der Waals surface area (Å²) >= 11 is 3.57. The molecule has 0 aliphatic carbocycles. The van der Waals surface area contributed by atoms with Gasteiger partial charge in [-0.25, -0.2) is 0 Å². The van der Waals surface area contributed by atoms with E-state index in [1.54, 1.807) is 0 Å². The van der Waals surface area contributed by atoms with Crippen LogP contribution in [0.4, 0.5) is 0 Å². The van der Waals surface area contributed by atoms with Crippen molar-refractivity contribution in [2.75, 3.05) is 6.16 Å². The van der Waals surface area contributed by atoms with Crippen molar-refractivity contribution in [3.05, 3.63) is 60.7 Å². The predicted molar refractivity (Wildman–Crippen MR) is 84.6 cm³/mol. The Labute approximate surface area is 118 Å². The minimum atomic E-state index is -1.32. The Kier molecular flexibility index (Phi) is 5.01. The summed E-state index contributed by atoms with van der Waals surface area (Å²) in [5.41, 5.74) is -1.32. The molecule has 0 saturated heterocycles. The van der Waals surface area contributed by atoms with Gasteiger partial charge in [-0.3, -0.25) is 0 Å². The fourth-order valence-electron chi connectivity index (χ4n) is 2.13. The molecule has 0 aliphatic rings. The first kappa shape index (κ1) is 13.8. The molecule has 0 nitrogen and oxygen atoms in total. The van der Waals surface area contributed by atoms with Crippen LogP contribution in [0.1, 0.15) is 19.8 Å². The quantitative estimate of drug-likeness (QED) is 0.584. The normalized spacial score (nSPS) is 11.4. The second kappa shape index (κ2) is 6.53. The number of benzene rings is 2. The molecule has 0 saturated carbocycles. The first-order valence-corrected chi connectivity index (χ1v) is 10.7. The molecule has 0 fully saturated rings. The molecule has 0 unspecified atom stereocenters. The van der Waals surface area contributed by atoms with E-state index in [1.807, 2.05) is 0 Å². The van der Waals surface area contributed by atoms with Crippen molar-refractivity contribution in [1.82, 2.24) is 0 Å². The van der Waals surface area contributed by atoms with Gasteiger partial charge >= 0.3 is 118 Å². The van der Waals surface area contributed by atoms with Crippen molar-refractivity contribution in [1.29, 1.82) is 0 Å². The molecule has 0 aliphatic heterocycles. The summed E-state index contributed by atoms with van der Waals surface area (Å²) in [6.07, 6.45) is 3.80. The van der Waals surface area contributed by atoms with Crippen LogP contribution >= 0.6 is 5.51 Å². The molecule has 18 heavy (non-hydrogen) atoms. The zero-order chi connectivity index (χ0) is 12.8. The van der Waals surface area contributed by atoms with Crippen LogP contribution in [-0.4, -0.2) is 21.3 Å². The van der Waals surface area contributed by atoms with Gasteiger partial charge in [0.2, 0.25) is 0 Å². The molecule has 2 aromatic carbocycles. The molecule has 0 aromatic heterocycles. The van der Waals surface area contributed by atoms with Crippen LogP contribution in [0.15, 0.2) is 60.7 Å². The van der Waals surface area contributed by atoms with Gasteiger partial charge in [-0.2, -0.15) is 0 Å². The monoisotopic (exact) mass is 322 g/mol. The second-order valence-corrected chi connectivity index (χ2v) is 11.4. The maximum atomic E-state index is 3.57. The molecular weight excluding hydrogens is 302 g/mol. The van der Waals surface area contributed by atoms with Gasteiger partial charge in [-0.1, -0.05) is 0 Å². The van der Waals surface area contributed by atoms with E-state index in [1.165, 1.54) is 29.6 Å². The van der Waals surface area contributed by atoms with Gasteiger partial charge in [0.05, 0.1) is 0 Å². The molecule has 0 N–H and O–H groups in total. The van der Waals surface area contributed by atoms with Gasteiger partial charge in [0.1, 0.15) is 0 Å². The maximum absolute atomic E-state index is 3.57. The second-order valence-electron chi connectivity index (χ2n) is 4.49. The van der Waals surface area contributed by atoms with Crippen molar-refractivity contribution >= 4 is 31.2 Å². The van der Waals surface area contributed by atoms with Crippen molar-refractivity contribution in [2.45, 2.75) is 19.8 Å². The SMILES string of the molecule is CCCCP(=[Se])(c1ccccc1)c1ccccc1. The van der Waals surface area contributed by atoms with E-state index in [4.69, 9.17) is 0 Å². The summed E-state index contributed by atoms with van der Waals surface area (Å²) in [7, 11) is 0. The summed E-state index contributed by atoms with van der Waals surface area (Å²) in [5.74, 6) is 0. The minimum absolute atomic E-state index is 1.25. The molecule has 0 bridgehead atoms. The van der Waals surface area contributed by atoms with Crippen molar-refractivity contribution in [2.24, 2.45) is 0 Å². The molecule has 2 heteroatoms. The van der Waals surface area contributed by atoms with Gasteiger partial charge in [0.15, 0.2) is 0 Å². The van der Waals surface area contributed by atoms with Crippen molar-refractivity contribution < 1.29 is 0 Å². The number of unbranched alkanes of at least 4 members (excludes halogenated alkanes) is 1. The van der Waals surface area contributed by atoms with Gasteiger partial charge in [0.25, 0.3) is 0 Å². The predicted octanol–water partition coefficient (Wildman–Crippen LogP) is 3.54. The first-order chi connectivity index (χ1) is 8.77. The molecular formula is C16H19PSe. The summed E-state index contributed by atoms with van der Waals surface area (Å²) < 4.78 is 0. The third kappa shape index (κ3) is 3.04. The Morgan fingerprint density at radius 3 is 1.67 bits per heavy atom. The average molecular weight is 321 g/mol. The van der Waals surface area contributed by atoms with E-state index >= 15 is 0 Å². The van der Waals surface area contributed by atoms with Crippen LogP contribution in [0.3, 0.4) is 0 Å². The third-order valence-electron chi connectivity index (χ3n) is 3.17. The van der Waals surface area contributed by atoms with E-state index in [-0.39, 0.29) is 0 Å².